The van der Waals surface area contributed by atoms with Crippen molar-refractivity contribution in [1.82, 2.24) is 0 Å². The van der Waals surface area contributed by atoms with E-state index in [-0.39, 0.29) is 5.41 Å². The Morgan fingerprint density at radius 2 is 1.62 bits per heavy atom. The van der Waals surface area contributed by atoms with Gasteiger partial charge in [-0.15, -0.1) is 0 Å². The number of unbranched alkanes of at least 4 members (excludes halogenated alkanes) is 4. The topological polar surface area (TPSA) is 23.8 Å². The van der Waals surface area contributed by atoms with Crippen molar-refractivity contribution in [2.45, 2.75) is 96.8 Å². The maximum absolute atomic E-state index is 9.75. The average Bonchev–Trinajstić information content (AvgIpc) is 2.63. The second-order valence-electron chi connectivity index (χ2n) is 7.82. The quantitative estimate of drug-likeness (QED) is 0.441. The zero-order chi connectivity index (χ0) is 17.3. The summed E-state index contributed by atoms with van der Waals surface area (Å²) in [6.07, 6.45) is 14.6. The molecule has 1 aromatic carbocycles. The summed E-state index contributed by atoms with van der Waals surface area (Å²) in [5, 5.41) is 9.75. The van der Waals surface area contributed by atoms with Crippen molar-refractivity contribution < 1.29 is 0 Å². The number of rotatable bonds is 9. The van der Waals surface area contributed by atoms with E-state index in [1.807, 2.05) is 0 Å². The van der Waals surface area contributed by atoms with Crippen molar-refractivity contribution in [3.8, 4) is 6.07 Å². The molecule has 0 aliphatic heterocycles. The number of nitrogens with zero attached hydrogens (tertiary/aromatic N) is 1. The highest BCUT2D eigenvalue weighted by Crippen LogP contribution is 2.45. The SMILES string of the molecule is CCCCCCCC1(C#N)CCC(c2ccc(CCC)cc2)CC1. The number of nitriles is 1. The highest BCUT2D eigenvalue weighted by Gasteiger charge is 2.35. The van der Waals surface area contributed by atoms with E-state index < -0.39 is 0 Å². The molecule has 0 spiro atoms. The van der Waals surface area contributed by atoms with Gasteiger partial charge in [-0.3, -0.25) is 0 Å². The van der Waals surface area contributed by atoms with Gasteiger partial charge in [0.05, 0.1) is 11.5 Å². The number of hydrogen-bond donors (Lipinski definition) is 0. The first-order valence-corrected chi connectivity index (χ1v) is 10.2. The lowest BCUT2D eigenvalue weighted by molar-refractivity contribution is 0.223. The van der Waals surface area contributed by atoms with Crippen LogP contribution in [0.2, 0.25) is 0 Å². The molecule has 0 bridgehead atoms. The second kappa shape index (κ2) is 9.87. The predicted molar refractivity (Wildman–Crippen MR) is 103 cm³/mol. The molecule has 1 heteroatoms. The van der Waals surface area contributed by atoms with Gasteiger partial charge < -0.3 is 0 Å². The second-order valence-corrected chi connectivity index (χ2v) is 7.82. The van der Waals surface area contributed by atoms with Gasteiger partial charge in [0.1, 0.15) is 0 Å². The van der Waals surface area contributed by atoms with Gasteiger partial charge in [0.25, 0.3) is 0 Å². The summed E-state index contributed by atoms with van der Waals surface area (Å²) in [7, 11) is 0. The Labute approximate surface area is 149 Å². The van der Waals surface area contributed by atoms with Gasteiger partial charge in [0.2, 0.25) is 0 Å². The molecule has 0 saturated heterocycles. The lowest BCUT2D eigenvalue weighted by Crippen LogP contribution is -2.25. The van der Waals surface area contributed by atoms with Crippen LogP contribution in [0, 0.1) is 16.7 Å². The van der Waals surface area contributed by atoms with Crippen LogP contribution in [0.4, 0.5) is 0 Å². The van der Waals surface area contributed by atoms with Crippen LogP contribution < -0.4 is 0 Å². The van der Waals surface area contributed by atoms with Crippen LogP contribution in [-0.2, 0) is 6.42 Å². The molecule has 1 saturated carbocycles. The summed E-state index contributed by atoms with van der Waals surface area (Å²) >= 11 is 0. The normalized spacial score (nSPS) is 23.8. The third kappa shape index (κ3) is 5.37. The zero-order valence-corrected chi connectivity index (χ0v) is 15.8. The van der Waals surface area contributed by atoms with Gasteiger partial charge in [0, 0.05) is 0 Å². The average molecular weight is 326 g/mol. The van der Waals surface area contributed by atoms with E-state index in [4.69, 9.17) is 0 Å². The van der Waals surface area contributed by atoms with E-state index in [0.717, 1.165) is 19.3 Å². The first kappa shape index (κ1) is 19.0. The molecule has 2 rings (SSSR count). The summed E-state index contributed by atoms with van der Waals surface area (Å²) in [4.78, 5) is 0. The molecule has 0 aromatic heterocycles. The number of hydrogen-bond acceptors (Lipinski definition) is 1. The molecule has 1 nitrogen and oxygen atoms in total. The van der Waals surface area contributed by atoms with Crippen LogP contribution in [-0.4, -0.2) is 0 Å². The molecule has 1 aliphatic carbocycles. The summed E-state index contributed by atoms with van der Waals surface area (Å²) in [6, 6.07) is 12.0. The third-order valence-electron chi connectivity index (χ3n) is 5.93. The predicted octanol–water partition coefficient (Wildman–Crippen LogP) is 7.17. The summed E-state index contributed by atoms with van der Waals surface area (Å²) in [6.45, 7) is 4.49. The standard InChI is InChI=1S/C23H35N/c1-3-5-6-7-8-16-23(19-24)17-14-22(15-18-23)21-12-10-20(9-4-2)11-13-21/h10-13,22H,3-9,14-18H2,1-2H3. The number of benzene rings is 1. The first-order valence-electron chi connectivity index (χ1n) is 10.2. The van der Waals surface area contributed by atoms with Crippen molar-refractivity contribution in [3.63, 3.8) is 0 Å². The first-order chi connectivity index (χ1) is 11.7. The molecule has 1 fully saturated rings. The molecular weight excluding hydrogens is 290 g/mol. The van der Waals surface area contributed by atoms with E-state index in [0.29, 0.717) is 5.92 Å². The smallest absolute Gasteiger partial charge is 0.0689 e. The van der Waals surface area contributed by atoms with Crippen LogP contribution >= 0.6 is 0 Å². The highest BCUT2D eigenvalue weighted by atomic mass is 14.4. The minimum absolute atomic E-state index is 0.0230. The third-order valence-corrected chi connectivity index (χ3v) is 5.93. The maximum atomic E-state index is 9.75. The van der Waals surface area contributed by atoms with Crippen molar-refractivity contribution in [1.29, 1.82) is 5.26 Å². The van der Waals surface area contributed by atoms with Crippen molar-refractivity contribution >= 4 is 0 Å². The molecule has 0 amide bonds. The molecule has 1 aromatic rings. The van der Waals surface area contributed by atoms with Crippen LogP contribution in [0.15, 0.2) is 24.3 Å². The van der Waals surface area contributed by atoms with E-state index in [1.54, 1.807) is 0 Å². The Kier molecular flexibility index (Phi) is 7.83. The van der Waals surface area contributed by atoms with Gasteiger partial charge in [-0.25, -0.2) is 0 Å². The fourth-order valence-corrected chi connectivity index (χ4v) is 4.23. The minimum Gasteiger partial charge on any atom is -0.198 e. The van der Waals surface area contributed by atoms with Gasteiger partial charge in [-0.2, -0.15) is 5.26 Å². The highest BCUT2D eigenvalue weighted by molar-refractivity contribution is 5.26. The fraction of sp³-hybridized carbons (Fsp3) is 0.696. The molecule has 0 radical (unpaired) electrons. The molecule has 24 heavy (non-hydrogen) atoms. The molecule has 0 N–H and O–H groups in total. The lowest BCUT2D eigenvalue weighted by Gasteiger charge is -2.35. The Hall–Kier alpha value is -1.29. The molecule has 0 heterocycles. The monoisotopic (exact) mass is 325 g/mol. The Morgan fingerprint density at radius 1 is 0.958 bits per heavy atom. The van der Waals surface area contributed by atoms with E-state index >= 15 is 0 Å². The van der Waals surface area contributed by atoms with Crippen molar-refractivity contribution in [2.75, 3.05) is 0 Å². The Balaban J connectivity index is 1.83. The van der Waals surface area contributed by atoms with Gasteiger partial charge in [-0.05, 0) is 55.6 Å². The summed E-state index contributed by atoms with van der Waals surface area (Å²) in [5.41, 5.74) is 2.92. The van der Waals surface area contributed by atoms with Crippen LogP contribution in [0.25, 0.3) is 0 Å². The van der Waals surface area contributed by atoms with Gasteiger partial charge >= 0.3 is 0 Å². The Morgan fingerprint density at radius 3 is 2.21 bits per heavy atom. The largest absolute Gasteiger partial charge is 0.198 e. The summed E-state index contributed by atoms with van der Waals surface area (Å²) in [5.74, 6) is 0.669. The van der Waals surface area contributed by atoms with Crippen molar-refractivity contribution in [2.24, 2.45) is 5.41 Å². The van der Waals surface area contributed by atoms with Crippen molar-refractivity contribution in [3.05, 3.63) is 35.4 Å². The van der Waals surface area contributed by atoms with Crippen LogP contribution in [0.1, 0.15) is 102 Å². The fourth-order valence-electron chi connectivity index (χ4n) is 4.23. The zero-order valence-electron chi connectivity index (χ0n) is 15.8. The summed E-state index contributed by atoms with van der Waals surface area (Å²) < 4.78 is 0. The molecule has 1 aliphatic rings. The van der Waals surface area contributed by atoms with E-state index in [9.17, 15) is 5.26 Å². The van der Waals surface area contributed by atoms with Crippen LogP contribution in [0.5, 0.6) is 0 Å². The maximum Gasteiger partial charge on any atom is 0.0689 e. The van der Waals surface area contributed by atoms with Gasteiger partial charge in [0.15, 0.2) is 0 Å². The van der Waals surface area contributed by atoms with Crippen LogP contribution in [0.3, 0.4) is 0 Å². The molecule has 132 valence electrons. The Bertz CT molecular complexity index is 500. The van der Waals surface area contributed by atoms with E-state index in [2.05, 4.69) is 44.2 Å². The molecular formula is C23H35N. The molecule has 0 unspecified atom stereocenters. The van der Waals surface area contributed by atoms with E-state index in [1.165, 1.54) is 68.9 Å². The van der Waals surface area contributed by atoms with Gasteiger partial charge in [-0.1, -0.05) is 76.6 Å². The molecule has 0 atom stereocenters. The minimum atomic E-state index is -0.0230. The lowest BCUT2D eigenvalue weighted by atomic mass is 9.67. The number of aryl methyl sites for hydroxylation is 1.